The molecule has 0 saturated heterocycles. The van der Waals surface area contributed by atoms with E-state index in [0.29, 0.717) is 28.0 Å². The molecule has 3 rings (SSSR count). The lowest BCUT2D eigenvalue weighted by atomic mass is 10.2. The highest BCUT2D eigenvalue weighted by molar-refractivity contribution is 6.30. The Kier molecular flexibility index (Phi) is 5.86. The van der Waals surface area contributed by atoms with Gasteiger partial charge in [0.15, 0.2) is 0 Å². The zero-order valence-electron chi connectivity index (χ0n) is 15.3. The summed E-state index contributed by atoms with van der Waals surface area (Å²) in [4.78, 5) is 32.3. The van der Waals surface area contributed by atoms with Crippen molar-refractivity contribution < 1.29 is 9.59 Å². The van der Waals surface area contributed by atoms with Crippen molar-refractivity contribution in [1.29, 1.82) is 0 Å². The fourth-order valence-corrected chi connectivity index (χ4v) is 2.63. The maximum absolute atomic E-state index is 12.6. The molecule has 142 valence electrons. The minimum Gasteiger partial charge on any atom is -0.340 e. The predicted octanol–water partition coefficient (Wildman–Crippen LogP) is 4.39. The lowest BCUT2D eigenvalue weighted by Gasteiger charge is -2.10. The number of carbonyl (C=O) groups excluding carboxylic acids is 2. The number of amides is 2. The van der Waals surface area contributed by atoms with Crippen LogP contribution in [-0.2, 0) is 4.79 Å². The van der Waals surface area contributed by atoms with Gasteiger partial charge in [0, 0.05) is 35.1 Å². The van der Waals surface area contributed by atoms with Gasteiger partial charge in [-0.05, 0) is 49.4 Å². The Morgan fingerprint density at radius 2 is 1.57 bits per heavy atom. The largest absolute Gasteiger partial charge is 0.340 e. The quantitative estimate of drug-likeness (QED) is 0.595. The average molecular weight is 396 g/mol. The number of aromatic nitrogens is 2. The van der Waals surface area contributed by atoms with Crippen molar-refractivity contribution in [2.75, 3.05) is 16.0 Å². The molecule has 0 aliphatic carbocycles. The van der Waals surface area contributed by atoms with E-state index in [1.165, 1.54) is 6.92 Å². The van der Waals surface area contributed by atoms with Gasteiger partial charge in [-0.3, -0.25) is 9.59 Å². The molecule has 0 bridgehead atoms. The molecule has 7 nitrogen and oxygen atoms in total. The fourth-order valence-electron chi connectivity index (χ4n) is 2.50. The van der Waals surface area contributed by atoms with E-state index in [9.17, 15) is 9.59 Å². The Labute approximate surface area is 167 Å². The topological polar surface area (TPSA) is 96.0 Å². The molecule has 0 unspecified atom stereocenters. The van der Waals surface area contributed by atoms with E-state index < -0.39 is 0 Å². The van der Waals surface area contributed by atoms with Gasteiger partial charge in [0.25, 0.3) is 5.91 Å². The van der Waals surface area contributed by atoms with E-state index in [4.69, 9.17) is 11.6 Å². The van der Waals surface area contributed by atoms with E-state index in [1.54, 1.807) is 49.4 Å². The first-order valence-corrected chi connectivity index (χ1v) is 8.84. The summed E-state index contributed by atoms with van der Waals surface area (Å²) in [5, 5.41) is 9.20. The summed E-state index contributed by atoms with van der Waals surface area (Å²) in [6, 6.07) is 15.6. The van der Waals surface area contributed by atoms with Gasteiger partial charge in [-0.25, -0.2) is 9.97 Å². The van der Waals surface area contributed by atoms with E-state index in [2.05, 4.69) is 25.9 Å². The smallest absolute Gasteiger partial charge is 0.274 e. The first kappa shape index (κ1) is 19.3. The molecule has 0 aliphatic heterocycles. The summed E-state index contributed by atoms with van der Waals surface area (Å²) in [7, 11) is 0. The van der Waals surface area contributed by atoms with Crippen LogP contribution in [0.2, 0.25) is 5.02 Å². The second kappa shape index (κ2) is 8.49. The molecule has 2 aromatic carbocycles. The van der Waals surface area contributed by atoms with Crippen LogP contribution in [0, 0.1) is 6.92 Å². The standard InChI is InChI=1S/C20H18ClN5O2/c1-12-22-18(11-19(23-12)25-15-8-6-14(21)7-9-15)20(28)26-17-5-3-4-16(10-17)24-13(2)27/h3-11H,1-2H3,(H,24,27)(H,26,28)(H,22,23,25). The highest BCUT2D eigenvalue weighted by Gasteiger charge is 2.12. The molecule has 0 aliphatic rings. The molecule has 0 radical (unpaired) electrons. The number of rotatable bonds is 5. The van der Waals surface area contributed by atoms with Gasteiger partial charge in [-0.2, -0.15) is 0 Å². The third-order valence-electron chi connectivity index (χ3n) is 3.63. The Balaban J connectivity index is 1.77. The summed E-state index contributed by atoms with van der Waals surface area (Å²) in [6.07, 6.45) is 0. The zero-order chi connectivity index (χ0) is 20.1. The van der Waals surface area contributed by atoms with E-state index >= 15 is 0 Å². The molecule has 0 spiro atoms. The SMILES string of the molecule is CC(=O)Nc1cccc(NC(=O)c2cc(Nc3ccc(Cl)cc3)nc(C)n2)c1. The fraction of sp³-hybridized carbons (Fsp3) is 0.100. The number of hydrogen-bond donors (Lipinski definition) is 3. The van der Waals surface area contributed by atoms with Crippen LogP contribution in [-0.4, -0.2) is 21.8 Å². The first-order chi connectivity index (χ1) is 13.4. The molecule has 1 aromatic heterocycles. The maximum atomic E-state index is 12.6. The van der Waals surface area contributed by atoms with Gasteiger partial charge in [0.2, 0.25) is 5.91 Å². The van der Waals surface area contributed by atoms with Gasteiger partial charge in [0.1, 0.15) is 17.3 Å². The molecule has 0 saturated carbocycles. The monoisotopic (exact) mass is 395 g/mol. The Hall–Kier alpha value is -3.45. The van der Waals surface area contributed by atoms with Crippen LogP contribution < -0.4 is 16.0 Å². The van der Waals surface area contributed by atoms with Gasteiger partial charge in [0.05, 0.1) is 0 Å². The molecular formula is C20H18ClN5O2. The third-order valence-corrected chi connectivity index (χ3v) is 3.88. The van der Waals surface area contributed by atoms with Crippen molar-refractivity contribution in [3.8, 4) is 0 Å². The van der Waals surface area contributed by atoms with E-state index in [1.807, 2.05) is 12.1 Å². The van der Waals surface area contributed by atoms with Gasteiger partial charge in [-0.15, -0.1) is 0 Å². The van der Waals surface area contributed by atoms with Crippen LogP contribution in [0.25, 0.3) is 0 Å². The van der Waals surface area contributed by atoms with Gasteiger partial charge < -0.3 is 16.0 Å². The van der Waals surface area contributed by atoms with Crippen molar-refractivity contribution in [1.82, 2.24) is 9.97 Å². The Morgan fingerprint density at radius 3 is 2.25 bits per heavy atom. The van der Waals surface area contributed by atoms with Crippen LogP contribution in [0.5, 0.6) is 0 Å². The third kappa shape index (κ3) is 5.28. The number of nitrogens with zero attached hydrogens (tertiary/aromatic N) is 2. The molecule has 0 fully saturated rings. The second-order valence-electron chi connectivity index (χ2n) is 6.03. The molecular weight excluding hydrogens is 378 g/mol. The number of carbonyl (C=O) groups is 2. The summed E-state index contributed by atoms with van der Waals surface area (Å²) in [5.74, 6) is 0.375. The van der Waals surface area contributed by atoms with Gasteiger partial charge >= 0.3 is 0 Å². The molecule has 3 N–H and O–H groups in total. The number of nitrogens with one attached hydrogen (secondary N) is 3. The van der Waals surface area contributed by atoms with E-state index in [-0.39, 0.29) is 17.5 Å². The molecule has 0 atom stereocenters. The van der Waals surface area contributed by atoms with Crippen molar-refractivity contribution >= 4 is 46.3 Å². The van der Waals surface area contributed by atoms with Crippen molar-refractivity contribution in [3.05, 3.63) is 71.1 Å². The summed E-state index contributed by atoms with van der Waals surface area (Å²) >= 11 is 5.89. The van der Waals surface area contributed by atoms with E-state index in [0.717, 1.165) is 5.69 Å². The van der Waals surface area contributed by atoms with Crippen LogP contribution >= 0.6 is 11.6 Å². The summed E-state index contributed by atoms with van der Waals surface area (Å²) in [6.45, 7) is 3.13. The maximum Gasteiger partial charge on any atom is 0.274 e. The Bertz CT molecular complexity index is 1020. The zero-order valence-corrected chi connectivity index (χ0v) is 16.0. The van der Waals surface area contributed by atoms with Gasteiger partial charge in [-0.1, -0.05) is 17.7 Å². The number of anilines is 4. The average Bonchev–Trinajstić information content (AvgIpc) is 2.63. The predicted molar refractivity (Wildman–Crippen MR) is 110 cm³/mol. The lowest BCUT2D eigenvalue weighted by molar-refractivity contribution is -0.114. The van der Waals surface area contributed by atoms with Crippen LogP contribution in [0.1, 0.15) is 23.2 Å². The number of halogens is 1. The second-order valence-corrected chi connectivity index (χ2v) is 6.47. The minimum atomic E-state index is -0.385. The highest BCUT2D eigenvalue weighted by atomic mass is 35.5. The number of benzene rings is 2. The van der Waals surface area contributed by atoms with Crippen molar-refractivity contribution in [2.24, 2.45) is 0 Å². The molecule has 2 amide bonds. The Morgan fingerprint density at radius 1 is 0.893 bits per heavy atom. The van der Waals surface area contributed by atoms with Crippen molar-refractivity contribution in [3.63, 3.8) is 0 Å². The van der Waals surface area contributed by atoms with Crippen molar-refractivity contribution in [2.45, 2.75) is 13.8 Å². The van der Waals surface area contributed by atoms with Crippen LogP contribution in [0.4, 0.5) is 22.9 Å². The molecule has 28 heavy (non-hydrogen) atoms. The normalized spacial score (nSPS) is 10.2. The summed E-state index contributed by atoms with van der Waals surface area (Å²) in [5.41, 5.74) is 2.14. The first-order valence-electron chi connectivity index (χ1n) is 8.46. The molecule has 1 heterocycles. The van der Waals surface area contributed by atoms with Crippen LogP contribution in [0.15, 0.2) is 54.6 Å². The number of aryl methyl sites for hydroxylation is 1. The number of hydrogen-bond acceptors (Lipinski definition) is 5. The van der Waals surface area contributed by atoms with Crippen LogP contribution in [0.3, 0.4) is 0 Å². The minimum absolute atomic E-state index is 0.187. The highest BCUT2D eigenvalue weighted by Crippen LogP contribution is 2.19. The molecule has 3 aromatic rings. The molecule has 8 heteroatoms. The lowest BCUT2D eigenvalue weighted by Crippen LogP contribution is -2.15. The summed E-state index contributed by atoms with van der Waals surface area (Å²) < 4.78 is 0.